The number of sulfone groups is 1. The number of carbonyl (C=O) groups excluding carboxylic acids is 1. The van der Waals surface area contributed by atoms with Crippen LogP contribution < -0.4 is 5.32 Å². The molecule has 3 aromatic rings. The van der Waals surface area contributed by atoms with Crippen LogP contribution in [-0.2, 0) is 16.3 Å². The van der Waals surface area contributed by atoms with Gasteiger partial charge >= 0.3 is 6.01 Å². The zero-order valence-electron chi connectivity index (χ0n) is 14.4. The van der Waals surface area contributed by atoms with E-state index in [1.807, 2.05) is 0 Å². The molecule has 1 amide bonds. The van der Waals surface area contributed by atoms with Crippen molar-refractivity contribution in [1.29, 1.82) is 0 Å². The predicted molar refractivity (Wildman–Crippen MR) is 92.8 cm³/mol. The number of nitrogens with one attached hydrogen (secondary N) is 1. The summed E-state index contributed by atoms with van der Waals surface area (Å²) in [5, 5.41) is 10.2. The first-order chi connectivity index (χ1) is 12.2. The summed E-state index contributed by atoms with van der Waals surface area (Å²) in [7, 11) is -3.24. The fourth-order valence-electron chi connectivity index (χ4n) is 2.43. The Morgan fingerprint density at radius 3 is 2.38 bits per heavy atom. The van der Waals surface area contributed by atoms with Crippen LogP contribution in [0.3, 0.4) is 0 Å². The van der Waals surface area contributed by atoms with Crippen molar-refractivity contribution in [3.05, 3.63) is 58.9 Å². The van der Waals surface area contributed by atoms with Crippen molar-refractivity contribution in [3.8, 4) is 0 Å². The van der Waals surface area contributed by atoms with Crippen molar-refractivity contribution in [3.63, 3.8) is 0 Å². The van der Waals surface area contributed by atoms with Crippen LogP contribution in [0.2, 0.25) is 0 Å². The molecule has 9 heteroatoms. The molecular formula is C17H17N3O5S. The number of anilines is 1. The molecule has 2 aromatic heterocycles. The van der Waals surface area contributed by atoms with Crippen molar-refractivity contribution >= 4 is 21.8 Å². The second-order valence-corrected chi connectivity index (χ2v) is 7.89. The smallest absolute Gasteiger partial charge is 0.322 e. The standard InChI is InChI=1S/C17H17N3O5S/c1-10-8-14(11(2)24-10)16(21)18-17-20-19-15(25-17)9-12-4-6-13(7-5-12)26(3,22)23/h4-8H,9H2,1-3H3,(H,18,20,21). The highest BCUT2D eigenvalue weighted by molar-refractivity contribution is 7.90. The summed E-state index contributed by atoms with van der Waals surface area (Å²) in [6, 6.07) is 8.01. The molecular weight excluding hydrogens is 358 g/mol. The van der Waals surface area contributed by atoms with Crippen LogP contribution in [0.25, 0.3) is 0 Å². The molecule has 0 fully saturated rings. The fourth-order valence-corrected chi connectivity index (χ4v) is 3.06. The minimum atomic E-state index is -3.24. The Kier molecular flexibility index (Phi) is 4.64. The molecule has 0 spiro atoms. The number of benzene rings is 1. The number of aryl methyl sites for hydroxylation is 2. The molecule has 0 aliphatic heterocycles. The molecule has 0 atom stereocenters. The number of rotatable bonds is 5. The summed E-state index contributed by atoms with van der Waals surface area (Å²) in [6.07, 6.45) is 1.47. The maximum atomic E-state index is 12.2. The summed E-state index contributed by atoms with van der Waals surface area (Å²) in [5.41, 5.74) is 1.21. The van der Waals surface area contributed by atoms with Gasteiger partial charge in [-0.25, -0.2) is 8.42 Å². The lowest BCUT2D eigenvalue weighted by molar-refractivity contribution is 0.102. The maximum Gasteiger partial charge on any atom is 0.322 e. The molecule has 136 valence electrons. The first kappa shape index (κ1) is 17.9. The Balaban J connectivity index is 1.68. The SMILES string of the molecule is Cc1cc(C(=O)Nc2nnc(Cc3ccc(S(C)(=O)=O)cc3)o2)c(C)o1. The zero-order chi connectivity index (χ0) is 18.9. The van der Waals surface area contributed by atoms with Gasteiger partial charge in [-0.05, 0) is 37.6 Å². The maximum absolute atomic E-state index is 12.2. The summed E-state index contributed by atoms with van der Waals surface area (Å²) >= 11 is 0. The molecule has 0 bridgehead atoms. The van der Waals surface area contributed by atoms with Gasteiger partial charge in [0.1, 0.15) is 11.5 Å². The molecule has 2 heterocycles. The summed E-state index contributed by atoms with van der Waals surface area (Å²) in [6.45, 7) is 3.45. The molecule has 1 aromatic carbocycles. The largest absolute Gasteiger partial charge is 0.466 e. The van der Waals surface area contributed by atoms with E-state index < -0.39 is 15.7 Å². The number of nitrogens with zero attached hydrogens (tertiary/aromatic N) is 2. The second kappa shape index (κ2) is 6.75. The van der Waals surface area contributed by atoms with E-state index >= 15 is 0 Å². The third kappa shape index (κ3) is 3.99. The monoisotopic (exact) mass is 375 g/mol. The molecule has 0 saturated heterocycles. The minimum Gasteiger partial charge on any atom is -0.466 e. The molecule has 0 aliphatic carbocycles. The van der Waals surface area contributed by atoms with Gasteiger partial charge in [-0.2, -0.15) is 0 Å². The van der Waals surface area contributed by atoms with Crippen molar-refractivity contribution in [1.82, 2.24) is 10.2 Å². The van der Waals surface area contributed by atoms with Gasteiger partial charge in [0.2, 0.25) is 5.89 Å². The van der Waals surface area contributed by atoms with E-state index in [1.165, 1.54) is 12.1 Å². The van der Waals surface area contributed by atoms with E-state index in [-0.39, 0.29) is 10.9 Å². The van der Waals surface area contributed by atoms with Crippen LogP contribution in [0.1, 0.15) is 33.3 Å². The average molecular weight is 375 g/mol. The number of carbonyl (C=O) groups is 1. The third-order valence-electron chi connectivity index (χ3n) is 3.68. The molecule has 0 unspecified atom stereocenters. The Morgan fingerprint density at radius 1 is 1.12 bits per heavy atom. The molecule has 0 aliphatic rings. The van der Waals surface area contributed by atoms with Gasteiger partial charge in [0.15, 0.2) is 9.84 Å². The molecule has 0 saturated carbocycles. The first-order valence-corrected chi connectivity index (χ1v) is 9.61. The number of hydrogen-bond donors (Lipinski definition) is 1. The van der Waals surface area contributed by atoms with E-state index in [4.69, 9.17) is 8.83 Å². The lowest BCUT2D eigenvalue weighted by Crippen LogP contribution is -2.12. The van der Waals surface area contributed by atoms with Crippen LogP contribution in [0.15, 0.2) is 44.1 Å². The summed E-state index contributed by atoms with van der Waals surface area (Å²) in [5.74, 6) is 1.04. The van der Waals surface area contributed by atoms with Gasteiger partial charge in [-0.3, -0.25) is 10.1 Å². The first-order valence-electron chi connectivity index (χ1n) is 7.72. The van der Waals surface area contributed by atoms with Crippen LogP contribution in [0.4, 0.5) is 6.01 Å². The third-order valence-corrected chi connectivity index (χ3v) is 4.81. The second-order valence-electron chi connectivity index (χ2n) is 5.87. The van der Waals surface area contributed by atoms with Crippen LogP contribution in [0.5, 0.6) is 0 Å². The lowest BCUT2D eigenvalue weighted by Gasteiger charge is -2.00. The van der Waals surface area contributed by atoms with E-state index in [9.17, 15) is 13.2 Å². The van der Waals surface area contributed by atoms with Crippen molar-refractivity contribution in [2.45, 2.75) is 25.2 Å². The predicted octanol–water partition coefficient (Wildman–Crippen LogP) is 2.53. The number of furan rings is 1. The van der Waals surface area contributed by atoms with Gasteiger partial charge in [0.25, 0.3) is 5.91 Å². The Labute approximate surface area is 150 Å². The van der Waals surface area contributed by atoms with Crippen molar-refractivity contribution in [2.75, 3.05) is 11.6 Å². The van der Waals surface area contributed by atoms with Gasteiger partial charge in [-0.15, -0.1) is 5.10 Å². The molecule has 0 radical (unpaired) electrons. The topological polar surface area (TPSA) is 115 Å². The van der Waals surface area contributed by atoms with E-state index in [1.54, 1.807) is 32.0 Å². The van der Waals surface area contributed by atoms with Crippen LogP contribution >= 0.6 is 0 Å². The van der Waals surface area contributed by atoms with Crippen molar-refractivity contribution in [2.24, 2.45) is 0 Å². The highest BCUT2D eigenvalue weighted by atomic mass is 32.2. The van der Waals surface area contributed by atoms with Gasteiger partial charge in [-0.1, -0.05) is 17.2 Å². The quantitative estimate of drug-likeness (QED) is 0.728. The molecule has 8 nitrogen and oxygen atoms in total. The molecule has 26 heavy (non-hydrogen) atoms. The molecule has 3 rings (SSSR count). The highest BCUT2D eigenvalue weighted by Crippen LogP contribution is 2.17. The molecule has 1 N–H and O–H groups in total. The summed E-state index contributed by atoms with van der Waals surface area (Å²) < 4.78 is 33.7. The number of amides is 1. The van der Waals surface area contributed by atoms with E-state index in [0.29, 0.717) is 29.4 Å². The lowest BCUT2D eigenvalue weighted by atomic mass is 10.1. The van der Waals surface area contributed by atoms with Crippen molar-refractivity contribution < 1.29 is 22.0 Å². The van der Waals surface area contributed by atoms with Gasteiger partial charge in [0, 0.05) is 6.26 Å². The Hall–Kier alpha value is -2.94. The van der Waals surface area contributed by atoms with Crippen LogP contribution in [0, 0.1) is 13.8 Å². The Bertz CT molecular complexity index is 1050. The minimum absolute atomic E-state index is 0.0176. The number of aromatic nitrogens is 2. The zero-order valence-corrected chi connectivity index (χ0v) is 15.3. The average Bonchev–Trinajstić information content (AvgIpc) is 3.13. The highest BCUT2D eigenvalue weighted by Gasteiger charge is 2.17. The van der Waals surface area contributed by atoms with Gasteiger partial charge in [0.05, 0.1) is 16.9 Å². The Morgan fingerprint density at radius 2 is 1.81 bits per heavy atom. The van der Waals surface area contributed by atoms with E-state index in [0.717, 1.165) is 11.8 Å². The number of hydrogen-bond acceptors (Lipinski definition) is 7. The van der Waals surface area contributed by atoms with Gasteiger partial charge < -0.3 is 8.83 Å². The normalized spacial score (nSPS) is 11.5. The van der Waals surface area contributed by atoms with E-state index in [2.05, 4.69) is 15.5 Å². The van der Waals surface area contributed by atoms with Crippen LogP contribution in [-0.4, -0.2) is 30.8 Å². The fraction of sp³-hybridized carbons (Fsp3) is 0.235. The summed E-state index contributed by atoms with van der Waals surface area (Å²) in [4.78, 5) is 12.4.